The number of carbonyl (C=O) groups is 1. The molecule has 2 unspecified atom stereocenters. The van der Waals surface area contributed by atoms with Crippen molar-refractivity contribution in [1.82, 2.24) is 5.32 Å². The summed E-state index contributed by atoms with van der Waals surface area (Å²) < 4.78 is 11.6. The number of nitriles is 1. The van der Waals surface area contributed by atoms with Gasteiger partial charge in [0.05, 0.1) is 17.7 Å². The maximum Gasteiger partial charge on any atom is 0.261 e. The van der Waals surface area contributed by atoms with Crippen molar-refractivity contribution in [1.29, 1.82) is 5.26 Å². The SMILES string of the molecule is CC(C)Oc1cccc(C(C)NC(=O)C(Oc2ccccc2C#N)C(C)C)c1. The lowest BCUT2D eigenvalue weighted by atomic mass is 10.0. The first-order chi connectivity index (χ1) is 13.3. The van der Waals surface area contributed by atoms with Gasteiger partial charge in [-0.2, -0.15) is 5.26 Å². The van der Waals surface area contributed by atoms with Gasteiger partial charge < -0.3 is 14.8 Å². The molecule has 0 aliphatic carbocycles. The number of nitrogens with zero attached hydrogens (tertiary/aromatic N) is 1. The topological polar surface area (TPSA) is 71.3 Å². The molecule has 1 N–H and O–H groups in total. The third-order valence-electron chi connectivity index (χ3n) is 4.21. The molecule has 0 spiro atoms. The Balaban J connectivity index is 2.13. The van der Waals surface area contributed by atoms with Gasteiger partial charge in [-0.05, 0) is 56.5 Å². The van der Waals surface area contributed by atoms with Crippen LogP contribution in [0.3, 0.4) is 0 Å². The van der Waals surface area contributed by atoms with E-state index in [1.807, 2.05) is 58.9 Å². The molecular formula is C23H28N2O3. The summed E-state index contributed by atoms with van der Waals surface area (Å²) in [5, 5.41) is 12.3. The van der Waals surface area contributed by atoms with Crippen molar-refractivity contribution in [2.75, 3.05) is 0 Å². The summed E-state index contributed by atoms with van der Waals surface area (Å²) in [5.74, 6) is 0.909. The van der Waals surface area contributed by atoms with Crippen LogP contribution in [-0.2, 0) is 4.79 Å². The fourth-order valence-electron chi connectivity index (χ4n) is 2.80. The van der Waals surface area contributed by atoms with Gasteiger partial charge in [-0.1, -0.05) is 38.1 Å². The molecule has 0 saturated heterocycles. The van der Waals surface area contributed by atoms with Crippen LogP contribution in [0.5, 0.6) is 11.5 Å². The fraction of sp³-hybridized carbons (Fsp3) is 0.391. The van der Waals surface area contributed by atoms with E-state index in [-0.39, 0.29) is 24.0 Å². The van der Waals surface area contributed by atoms with Crippen molar-refractivity contribution in [2.24, 2.45) is 5.92 Å². The molecule has 2 aromatic rings. The van der Waals surface area contributed by atoms with E-state index in [0.29, 0.717) is 11.3 Å². The van der Waals surface area contributed by atoms with E-state index in [4.69, 9.17) is 9.47 Å². The van der Waals surface area contributed by atoms with Crippen LogP contribution in [0.1, 0.15) is 51.8 Å². The number of carbonyl (C=O) groups excluding carboxylic acids is 1. The highest BCUT2D eigenvalue weighted by atomic mass is 16.5. The van der Waals surface area contributed by atoms with Gasteiger partial charge in [-0.25, -0.2) is 0 Å². The monoisotopic (exact) mass is 380 g/mol. The summed E-state index contributed by atoms with van der Waals surface area (Å²) in [5.41, 5.74) is 1.36. The standard InChI is InChI=1S/C23H28N2O3/c1-15(2)22(28-21-12-7-6-9-19(21)14-24)23(26)25-17(5)18-10-8-11-20(13-18)27-16(3)4/h6-13,15-17,22H,1-5H3,(H,25,26). The molecule has 0 aliphatic heterocycles. The number of para-hydroxylation sites is 1. The first-order valence-corrected chi connectivity index (χ1v) is 9.54. The van der Waals surface area contributed by atoms with Crippen molar-refractivity contribution in [3.05, 3.63) is 59.7 Å². The van der Waals surface area contributed by atoms with Crippen molar-refractivity contribution in [3.8, 4) is 17.6 Å². The number of hydrogen-bond donors (Lipinski definition) is 1. The minimum atomic E-state index is -0.702. The molecule has 148 valence electrons. The second-order valence-corrected chi connectivity index (χ2v) is 7.36. The number of nitrogens with one attached hydrogen (secondary N) is 1. The number of ether oxygens (including phenoxy) is 2. The molecule has 0 aliphatic rings. The van der Waals surface area contributed by atoms with E-state index in [0.717, 1.165) is 11.3 Å². The zero-order chi connectivity index (χ0) is 20.7. The molecule has 0 radical (unpaired) electrons. The van der Waals surface area contributed by atoms with Crippen LogP contribution in [0.2, 0.25) is 0 Å². The minimum absolute atomic E-state index is 0.0606. The van der Waals surface area contributed by atoms with E-state index in [2.05, 4.69) is 11.4 Å². The Kier molecular flexibility index (Phi) is 7.45. The molecule has 0 bridgehead atoms. The molecule has 28 heavy (non-hydrogen) atoms. The highest BCUT2D eigenvalue weighted by molar-refractivity contribution is 5.82. The first-order valence-electron chi connectivity index (χ1n) is 9.54. The second-order valence-electron chi connectivity index (χ2n) is 7.36. The molecule has 5 heteroatoms. The van der Waals surface area contributed by atoms with Gasteiger partial charge in [0.15, 0.2) is 6.10 Å². The summed E-state index contributed by atoms with van der Waals surface area (Å²) in [7, 11) is 0. The largest absolute Gasteiger partial charge is 0.491 e. The molecule has 2 rings (SSSR count). The Bertz CT molecular complexity index is 840. The zero-order valence-electron chi connectivity index (χ0n) is 17.1. The number of benzene rings is 2. The summed E-state index contributed by atoms with van der Waals surface area (Å²) in [6.07, 6.45) is -0.619. The Hall–Kier alpha value is -3.00. The van der Waals surface area contributed by atoms with Crippen LogP contribution in [-0.4, -0.2) is 18.1 Å². The first kappa shape index (κ1) is 21.3. The van der Waals surface area contributed by atoms with Crippen LogP contribution in [0.25, 0.3) is 0 Å². The lowest BCUT2D eigenvalue weighted by molar-refractivity contribution is -0.130. The predicted molar refractivity (Wildman–Crippen MR) is 109 cm³/mol. The summed E-state index contributed by atoms with van der Waals surface area (Å²) >= 11 is 0. The van der Waals surface area contributed by atoms with Crippen LogP contribution in [0, 0.1) is 17.2 Å². The van der Waals surface area contributed by atoms with E-state index in [9.17, 15) is 10.1 Å². The van der Waals surface area contributed by atoms with Gasteiger partial charge in [0.25, 0.3) is 5.91 Å². The second kappa shape index (κ2) is 9.80. The molecule has 0 saturated carbocycles. The number of rotatable bonds is 8. The Morgan fingerprint density at radius 1 is 1.00 bits per heavy atom. The fourth-order valence-corrected chi connectivity index (χ4v) is 2.80. The van der Waals surface area contributed by atoms with Crippen LogP contribution >= 0.6 is 0 Å². The number of hydrogen-bond acceptors (Lipinski definition) is 4. The molecule has 2 atom stereocenters. The Labute approximate surface area is 167 Å². The van der Waals surface area contributed by atoms with Crippen LogP contribution in [0.15, 0.2) is 48.5 Å². The lowest BCUT2D eigenvalue weighted by Gasteiger charge is -2.25. The highest BCUT2D eigenvalue weighted by Crippen LogP contribution is 2.23. The van der Waals surface area contributed by atoms with E-state index in [1.54, 1.807) is 24.3 Å². The van der Waals surface area contributed by atoms with Gasteiger partial charge in [0.1, 0.15) is 17.6 Å². The van der Waals surface area contributed by atoms with Crippen molar-refractivity contribution >= 4 is 5.91 Å². The van der Waals surface area contributed by atoms with Crippen molar-refractivity contribution < 1.29 is 14.3 Å². The van der Waals surface area contributed by atoms with E-state index >= 15 is 0 Å². The minimum Gasteiger partial charge on any atom is -0.491 e. The average Bonchev–Trinajstić information content (AvgIpc) is 2.65. The van der Waals surface area contributed by atoms with Gasteiger partial charge in [0, 0.05) is 0 Å². The normalized spacial score (nSPS) is 12.9. The summed E-state index contributed by atoms with van der Waals surface area (Å²) in [4.78, 5) is 12.9. The maximum atomic E-state index is 12.9. The third kappa shape index (κ3) is 5.75. The van der Waals surface area contributed by atoms with E-state index in [1.165, 1.54) is 0 Å². The Morgan fingerprint density at radius 2 is 1.71 bits per heavy atom. The van der Waals surface area contributed by atoms with Gasteiger partial charge in [-0.15, -0.1) is 0 Å². The molecular weight excluding hydrogens is 352 g/mol. The molecule has 5 nitrogen and oxygen atoms in total. The maximum absolute atomic E-state index is 12.9. The molecule has 0 fully saturated rings. The molecule has 0 aromatic heterocycles. The van der Waals surface area contributed by atoms with Crippen molar-refractivity contribution in [2.45, 2.75) is 52.9 Å². The van der Waals surface area contributed by atoms with Crippen LogP contribution < -0.4 is 14.8 Å². The highest BCUT2D eigenvalue weighted by Gasteiger charge is 2.26. The summed E-state index contributed by atoms with van der Waals surface area (Å²) in [6, 6.07) is 16.5. The quantitative estimate of drug-likeness (QED) is 0.725. The smallest absolute Gasteiger partial charge is 0.261 e. The van der Waals surface area contributed by atoms with Crippen LogP contribution in [0.4, 0.5) is 0 Å². The average molecular weight is 380 g/mol. The Morgan fingerprint density at radius 3 is 2.36 bits per heavy atom. The van der Waals surface area contributed by atoms with Gasteiger partial charge >= 0.3 is 0 Å². The molecule has 1 amide bonds. The molecule has 2 aromatic carbocycles. The van der Waals surface area contributed by atoms with Crippen molar-refractivity contribution in [3.63, 3.8) is 0 Å². The van der Waals surface area contributed by atoms with Gasteiger partial charge in [-0.3, -0.25) is 4.79 Å². The predicted octanol–water partition coefficient (Wildman–Crippen LogP) is 4.63. The van der Waals surface area contributed by atoms with E-state index < -0.39 is 6.10 Å². The van der Waals surface area contributed by atoms with Gasteiger partial charge in [0.2, 0.25) is 0 Å². The zero-order valence-corrected chi connectivity index (χ0v) is 17.1. The molecule has 0 heterocycles. The number of amides is 1. The lowest BCUT2D eigenvalue weighted by Crippen LogP contribution is -2.42. The summed E-state index contributed by atoms with van der Waals surface area (Å²) in [6.45, 7) is 9.71. The third-order valence-corrected chi connectivity index (χ3v) is 4.21.